The molecule has 0 spiro atoms. The summed E-state index contributed by atoms with van der Waals surface area (Å²) in [5.41, 5.74) is 1.01. The number of carbonyl (C=O) groups excluding carboxylic acids is 1. The third-order valence-corrected chi connectivity index (χ3v) is 5.63. The predicted molar refractivity (Wildman–Crippen MR) is 114 cm³/mol. The fourth-order valence-electron chi connectivity index (χ4n) is 3.84. The van der Waals surface area contributed by atoms with E-state index in [1.807, 2.05) is 18.2 Å². The lowest BCUT2D eigenvalue weighted by Gasteiger charge is -2.33. The van der Waals surface area contributed by atoms with Gasteiger partial charge in [-0.3, -0.25) is 9.78 Å². The van der Waals surface area contributed by atoms with E-state index in [1.165, 1.54) is 19.3 Å². The number of amides is 1. The summed E-state index contributed by atoms with van der Waals surface area (Å²) in [6, 6.07) is 8.51. The SMILES string of the molecule is O=C(CCC1CCCN(c2cc(NC3CC3)ncn2)C1)NCCc1ccccn1. The molecule has 0 aromatic carbocycles. The molecule has 2 aliphatic rings. The maximum atomic E-state index is 12.2. The van der Waals surface area contributed by atoms with Gasteiger partial charge in [-0.25, -0.2) is 9.97 Å². The van der Waals surface area contributed by atoms with Crippen LogP contribution < -0.4 is 15.5 Å². The molecule has 1 atom stereocenters. The van der Waals surface area contributed by atoms with E-state index in [0.717, 1.165) is 49.7 Å². The number of anilines is 2. The summed E-state index contributed by atoms with van der Waals surface area (Å²) >= 11 is 0. The third-order valence-electron chi connectivity index (χ3n) is 5.63. The first-order valence-electron chi connectivity index (χ1n) is 10.8. The Morgan fingerprint density at radius 2 is 2.10 bits per heavy atom. The molecule has 1 aliphatic heterocycles. The van der Waals surface area contributed by atoms with Gasteiger partial charge in [-0.1, -0.05) is 6.07 Å². The van der Waals surface area contributed by atoms with Crippen molar-refractivity contribution in [2.24, 2.45) is 5.92 Å². The summed E-state index contributed by atoms with van der Waals surface area (Å²) in [7, 11) is 0. The van der Waals surface area contributed by atoms with Gasteiger partial charge in [0.1, 0.15) is 18.0 Å². The van der Waals surface area contributed by atoms with E-state index < -0.39 is 0 Å². The summed E-state index contributed by atoms with van der Waals surface area (Å²) in [4.78, 5) is 27.6. The zero-order valence-corrected chi connectivity index (χ0v) is 16.9. The molecule has 1 saturated carbocycles. The van der Waals surface area contributed by atoms with Crippen molar-refractivity contribution < 1.29 is 4.79 Å². The molecule has 1 aliphatic carbocycles. The van der Waals surface area contributed by atoms with E-state index in [-0.39, 0.29) is 5.91 Å². The molecule has 7 heteroatoms. The summed E-state index contributed by atoms with van der Waals surface area (Å²) in [6.07, 6.45) is 10.5. The Kier molecular flexibility index (Phi) is 6.54. The molecule has 29 heavy (non-hydrogen) atoms. The Bertz CT molecular complexity index is 795. The summed E-state index contributed by atoms with van der Waals surface area (Å²) in [5.74, 6) is 2.58. The summed E-state index contributed by atoms with van der Waals surface area (Å²) in [5, 5.41) is 6.47. The molecule has 2 aromatic heterocycles. The molecule has 4 rings (SSSR count). The number of carbonyl (C=O) groups is 1. The van der Waals surface area contributed by atoms with Crippen molar-refractivity contribution in [1.29, 1.82) is 0 Å². The molecule has 0 radical (unpaired) electrons. The molecular weight excluding hydrogens is 364 g/mol. The van der Waals surface area contributed by atoms with Crippen LogP contribution in [0.5, 0.6) is 0 Å². The van der Waals surface area contributed by atoms with E-state index >= 15 is 0 Å². The standard InChI is InChI=1S/C22H30N6O/c29-22(24-12-10-18-5-1-2-11-23-18)9-6-17-4-3-13-28(15-17)21-14-20(25-16-26-21)27-19-7-8-19/h1-2,5,11,14,16-17,19H,3-4,6-10,12-13,15H2,(H,24,29)(H,25,26,27). The molecule has 2 aromatic rings. The van der Waals surface area contributed by atoms with Gasteiger partial charge in [0.25, 0.3) is 0 Å². The van der Waals surface area contributed by atoms with Crippen molar-refractivity contribution >= 4 is 17.5 Å². The minimum Gasteiger partial charge on any atom is -0.367 e. The molecular formula is C22H30N6O. The number of nitrogens with zero attached hydrogens (tertiary/aromatic N) is 4. The van der Waals surface area contributed by atoms with Gasteiger partial charge in [-0.05, 0) is 50.2 Å². The predicted octanol–water partition coefficient (Wildman–Crippen LogP) is 2.80. The van der Waals surface area contributed by atoms with E-state index in [2.05, 4.69) is 36.6 Å². The van der Waals surface area contributed by atoms with Crippen molar-refractivity contribution in [3.63, 3.8) is 0 Å². The van der Waals surface area contributed by atoms with E-state index in [4.69, 9.17) is 0 Å². The normalized spacial score (nSPS) is 19.0. The largest absolute Gasteiger partial charge is 0.367 e. The number of hydrogen-bond donors (Lipinski definition) is 2. The molecule has 1 unspecified atom stereocenters. The number of aromatic nitrogens is 3. The Morgan fingerprint density at radius 3 is 2.93 bits per heavy atom. The summed E-state index contributed by atoms with van der Waals surface area (Å²) in [6.45, 7) is 2.62. The molecule has 1 amide bonds. The monoisotopic (exact) mass is 394 g/mol. The van der Waals surface area contributed by atoms with Crippen molar-refractivity contribution in [1.82, 2.24) is 20.3 Å². The van der Waals surface area contributed by atoms with Crippen LogP contribution in [0.25, 0.3) is 0 Å². The first kappa shape index (κ1) is 19.6. The van der Waals surface area contributed by atoms with Crippen LogP contribution in [0.1, 0.15) is 44.2 Å². The number of pyridine rings is 1. The van der Waals surface area contributed by atoms with Crippen LogP contribution >= 0.6 is 0 Å². The van der Waals surface area contributed by atoms with Gasteiger partial charge in [0.05, 0.1) is 0 Å². The molecule has 7 nitrogen and oxygen atoms in total. The van der Waals surface area contributed by atoms with Crippen molar-refractivity contribution in [2.75, 3.05) is 29.9 Å². The number of piperidine rings is 1. The van der Waals surface area contributed by atoms with E-state index in [9.17, 15) is 4.79 Å². The topological polar surface area (TPSA) is 83.0 Å². The third kappa shape index (κ3) is 6.14. The maximum absolute atomic E-state index is 12.2. The Labute approximate surface area is 172 Å². The van der Waals surface area contributed by atoms with E-state index in [1.54, 1.807) is 12.5 Å². The first-order valence-corrected chi connectivity index (χ1v) is 10.8. The van der Waals surface area contributed by atoms with Crippen LogP contribution in [-0.2, 0) is 11.2 Å². The highest BCUT2D eigenvalue weighted by molar-refractivity contribution is 5.75. The molecule has 3 heterocycles. The number of hydrogen-bond acceptors (Lipinski definition) is 6. The Morgan fingerprint density at radius 1 is 1.17 bits per heavy atom. The van der Waals surface area contributed by atoms with Crippen LogP contribution in [0, 0.1) is 5.92 Å². The van der Waals surface area contributed by atoms with Gasteiger partial charge in [0, 0.05) is 56.5 Å². The lowest BCUT2D eigenvalue weighted by molar-refractivity contribution is -0.121. The van der Waals surface area contributed by atoms with Crippen LogP contribution in [0.15, 0.2) is 36.8 Å². The van der Waals surface area contributed by atoms with Gasteiger partial charge < -0.3 is 15.5 Å². The van der Waals surface area contributed by atoms with Crippen LogP contribution in [-0.4, -0.2) is 46.5 Å². The lowest BCUT2D eigenvalue weighted by Crippen LogP contribution is -2.36. The number of rotatable bonds is 9. The molecule has 2 N–H and O–H groups in total. The van der Waals surface area contributed by atoms with Crippen molar-refractivity contribution in [3.8, 4) is 0 Å². The van der Waals surface area contributed by atoms with Crippen LogP contribution in [0.4, 0.5) is 11.6 Å². The second kappa shape index (κ2) is 9.67. The Balaban J connectivity index is 1.20. The first-order chi connectivity index (χ1) is 14.3. The van der Waals surface area contributed by atoms with Crippen molar-refractivity contribution in [3.05, 3.63) is 42.5 Å². The summed E-state index contributed by atoms with van der Waals surface area (Å²) < 4.78 is 0. The van der Waals surface area contributed by atoms with Crippen molar-refractivity contribution in [2.45, 2.75) is 51.0 Å². The average molecular weight is 395 g/mol. The maximum Gasteiger partial charge on any atom is 0.220 e. The average Bonchev–Trinajstić information content (AvgIpc) is 3.57. The second-order valence-electron chi connectivity index (χ2n) is 8.09. The highest BCUT2D eigenvalue weighted by Crippen LogP contribution is 2.27. The van der Waals surface area contributed by atoms with Crippen LogP contribution in [0.2, 0.25) is 0 Å². The molecule has 154 valence electrons. The van der Waals surface area contributed by atoms with Gasteiger partial charge in [0.2, 0.25) is 5.91 Å². The quantitative estimate of drug-likeness (QED) is 0.681. The van der Waals surface area contributed by atoms with Gasteiger partial charge in [-0.15, -0.1) is 0 Å². The molecule has 0 bridgehead atoms. The highest BCUT2D eigenvalue weighted by Gasteiger charge is 2.24. The minimum atomic E-state index is 0.135. The lowest BCUT2D eigenvalue weighted by atomic mass is 9.93. The second-order valence-corrected chi connectivity index (χ2v) is 8.09. The fraction of sp³-hybridized carbons (Fsp3) is 0.545. The Hall–Kier alpha value is -2.70. The van der Waals surface area contributed by atoms with Crippen LogP contribution in [0.3, 0.4) is 0 Å². The smallest absolute Gasteiger partial charge is 0.220 e. The molecule has 1 saturated heterocycles. The van der Waals surface area contributed by atoms with Gasteiger partial charge in [-0.2, -0.15) is 0 Å². The minimum absolute atomic E-state index is 0.135. The highest BCUT2D eigenvalue weighted by atomic mass is 16.1. The zero-order chi connectivity index (χ0) is 19.9. The molecule has 2 fully saturated rings. The van der Waals surface area contributed by atoms with Gasteiger partial charge >= 0.3 is 0 Å². The zero-order valence-electron chi connectivity index (χ0n) is 16.9. The van der Waals surface area contributed by atoms with E-state index in [0.29, 0.717) is 24.9 Å². The number of nitrogens with one attached hydrogen (secondary N) is 2. The fourth-order valence-corrected chi connectivity index (χ4v) is 3.84. The van der Waals surface area contributed by atoms with Gasteiger partial charge in [0.15, 0.2) is 0 Å².